The topological polar surface area (TPSA) is 165 Å². The van der Waals surface area contributed by atoms with Crippen LogP contribution in [0.2, 0.25) is 10.0 Å². The Balaban J connectivity index is 0.915. The number of hydrogen-bond donors (Lipinski definition) is 2. The summed E-state index contributed by atoms with van der Waals surface area (Å²) >= 11 is 12.3. The van der Waals surface area contributed by atoms with Crippen LogP contribution in [0.15, 0.2) is 60.8 Å². The number of amides is 3. The molecule has 4 atom stereocenters. The zero-order valence-electron chi connectivity index (χ0n) is 40.9. The Morgan fingerprint density at radius 1 is 0.941 bits per heavy atom. The highest BCUT2D eigenvalue weighted by Gasteiger charge is 2.63. The molecule has 6 rings (SSSR count). The van der Waals surface area contributed by atoms with E-state index in [2.05, 4.69) is 54.2 Å². The van der Waals surface area contributed by atoms with Crippen molar-refractivity contribution in [2.24, 2.45) is 34.5 Å². The maximum atomic E-state index is 13.7. The Kier molecular flexibility index (Phi) is 17.4. The maximum Gasteiger partial charge on any atom is 0.245 e. The van der Waals surface area contributed by atoms with Gasteiger partial charge in [0.1, 0.15) is 41.6 Å². The van der Waals surface area contributed by atoms with Gasteiger partial charge in [-0.1, -0.05) is 83.8 Å². The first-order valence-electron chi connectivity index (χ1n) is 24.1. The van der Waals surface area contributed by atoms with Gasteiger partial charge in [-0.25, -0.2) is 4.98 Å². The van der Waals surface area contributed by atoms with Crippen molar-refractivity contribution >= 4 is 58.3 Å². The molecular formula is C53H69Cl2N7O6. The zero-order valence-corrected chi connectivity index (χ0v) is 42.5. The molecule has 3 aromatic rings. The van der Waals surface area contributed by atoms with Crippen LogP contribution in [0, 0.1) is 45.8 Å². The molecule has 2 aliphatic heterocycles. The number of hydrogen-bond acceptors (Lipinski definition) is 10. The Morgan fingerprint density at radius 3 is 2.25 bits per heavy atom. The number of aromatic nitrogens is 1. The van der Waals surface area contributed by atoms with E-state index in [9.17, 15) is 29.2 Å². The molecule has 1 aromatic heterocycles. The van der Waals surface area contributed by atoms with Crippen molar-refractivity contribution in [1.29, 1.82) is 5.26 Å². The zero-order chi connectivity index (χ0) is 49.5. The summed E-state index contributed by atoms with van der Waals surface area (Å²) in [4.78, 5) is 78.4. The molecule has 0 radical (unpaired) electrons. The van der Waals surface area contributed by atoms with Gasteiger partial charge in [0.2, 0.25) is 17.7 Å². The van der Waals surface area contributed by atoms with Gasteiger partial charge >= 0.3 is 0 Å². The molecule has 15 heteroatoms. The van der Waals surface area contributed by atoms with Crippen LogP contribution in [0.4, 0.5) is 5.82 Å². The summed E-state index contributed by atoms with van der Waals surface area (Å²) in [5.74, 6) is 0.458. The molecule has 0 spiro atoms. The highest BCUT2D eigenvalue weighted by atomic mass is 35.5. The number of nitrogens with one attached hydrogen (secondary N) is 2. The molecular weight excluding hydrogens is 902 g/mol. The fourth-order valence-corrected chi connectivity index (χ4v) is 11.2. The molecule has 3 heterocycles. The number of carbonyl (C=O) groups excluding carboxylic acids is 5. The summed E-state index contributed by atoms with van der Waals surface area (Å²) in [6.45, 7) is 20.9. The minimum Gasteiger partial charge on any atom is -0.489 e. The van der Waals surface area contributed by atoms with Crippen molar-refractivity contribution in [2.75, 3.05) is 44.2 Å². The van der Waals surface area contributed by atoms with E-state index in [0.717, 1.165) is 44.1 Å². The minimum atomic E-state index is -0.852. The number of halogens is 2. The quantitative estimate of drug-likeness (QED) is 0.105. The molecule has 3 amide bonds. The average molecular weight is 971 g/mol. The number of ketones is 2. The Hall–Kier alpha value is -5.03. The van der Waals surface area contributed by atoms with Gasteiger partial charge in [-0.15, -0.1) is 0 Å². The molecule has 1 saturated carbocycles. The lowest BCUT2D eigenvalue weighted by Crippen LogP contribution is -2.66. The number of Topliss-reactive ketones (excluding diaryl/α,β-unsaturated/α-hetero) is 2. The highest BCUT2D eigenvalue weighted by molar-refractivity contribution is 6.31. The second-order valence-corrected chi connectivity index (χ2v) is 21.7. The minimum absolute atomic E-state index is 0.0269. The summed E-state index contributed by atoms with van der Waals surface area (Å²) < 4.78 is 6.41. The smallest absolute Gasteiger partial charge is 0.245 e. The van der Waals surface area contributed by atoms with E-state index in [1.165, 1.54) is 0 Å². The van der Waals surface area contributed by atoms with Crippen LogP contribution >= 0.6 is 23.2 Å². The van der Waals surface area contributed by atoms with E-state index >= 15 is 0 Å². The first kappa shape index (κ1) is 52.3. The third-order valence-electron chi connectivity index (χ3n) is 14.4. The van der Waals surface area contributed by atoms with Gasteiger partial charge in [-0.3, -0.25) is 28.9 Å². The summed E-state index contributed by atoms with van der Waals surface area (Å²) in [6, 6.07) is 16.7. The van der Waals surface area contributed by atoms with Gasteiger partial charge in [-0.05, 0) is 92.4 Å². The van der Waals surface area contributed by atoms with Crippen LogP contribution in [0.25, 0.3) is 0 Å². The van der Waals surface area contributed by atoms with Gasteiger partial charge in [0.05, 0.1) is 10.6 Å². The van der Waals surface area contributed by atoms with E-state index in [1.807, 2.05) is 45.0 Å². The van der Waals surface area contributed by atoms with E-state index in [0.29, 0.717) is 72.1 Å². The molecule has 3 aliphatic rings. The number of pyridine rings is 1. The second-order valence-electron chi connectivity index (χ2n) is 20.9. The predicted octanol–water partition coefficient (Wildman–Crippen LogP) is 8.54. The molecule has 1 aliphatic carbocycles. The highest BCUT2D eigenvalue weighted by Crippen LogP contribution is 2.61. The van der Waals surface area contributed by atoms with Gasteiger partial charge in [0, 0.05) is 98.1 Å². The summed E-state index contributed by atoms with van der Waals surface area (Å²) in [7, 11) is 0. The largest absolute Gasteiger partial charge is 0.489 e. The number of likely N-dealkylation sites (tertiary alicyclic amines) is 1. The predicted molar refractivity (Wildman–Crippen MR) is 265 cm³/mol. The molecule has 13 nitrogen and oxygen atoms in total. The van der Waals surface area contributed by atoms with E-state index in [4.69, 9.17) is 32.9 Å². The molecule has 68 heavy (non-hydrogen) atoms. The van der Waals surface area contributed by atoms with Crippen molar-refractivity contribution in [3.8, 4) is 11.8 Å². The number of nitriles is 1. The normalized spacial score (nSPS) is 21.9. The maximum absolute atomic E-state index is 13.7. The summed E-state index contributed by atoms with van der Waals surface area (Å²) in [5, 5.41) is 16.0. The monoisotopic (exact) mass is 969 g/mol. The van der Waals surface area contributed by atoms with Crippen molar-refractivity contribution in [1.82, 2.24) is 25.4 Å². The van der Waals surface area contributed by atoms with E-state index in [-0.39, 0.29) is 70.4 Å². The molecule has 3 fully saturated rings. The third kappa shape index (κ3) is 12.8. The third-order valence-corrected chi connectivity index (χ3v) is 14.9. The first-order chi connectivity index (χ1) is 32.2. The van der Waals surface area contributed by atoms with Gasteiger partial charge in [0.25, 0.3) is 0 Å². The number of benzene rings is 2. The second kappa shape index (κ2) is 22.6. The average Bonchev–Trinajstić information content (AvgIpc) is 3.70. The fraction of sp³-hybridized carbons (Fsp3) is 0.566. The number of ether oxygens (including phenoxy) is 1. The number of rotatable bonds is 20. The fourth-order valence-electron chi connectivity index (χ4n) is 10.9. The van der Waals surface area contributed by atoms with Gasteiger partial charge < -0.3 is 25.2 Å². The lowest BCUT2D eigenvalue weighted by molar-refractivity contribution is -0.196. The Morgan fingerprint density at radius 2 is 1.63 bits per heavy atom. The Bertz CT molecular complexity index is 2310. The lowest BCUT2D eigenvalue weighted by Gasteiger charge is -2.63. The number of piperazine rings is 1. The lowest BCUT2D eigenvalue weighted by atomic mass is 9.44. The number of nitrogens with zero attached hydrogens (tertiary/aromatic N) is 5. The number of carbonyl (C=O) groups is 5. The number of anilines is 1. The molecule has 2 saturated heterocycles. The molecule has 0 bridgehead atoms. The van der Waals surface area contributed by atoms with E-state index in [1.54, 1.807) is 48.4 Å². The van der Waals surface area contributed by atoms with Crippen LogP contribution in [0.3, 0.4) is 0 Å². The summed E-state index contributed by atoms with van der Waals surface area (Å²) in [5.41, 5.74) is 1.31. The molecule has 2 aromatic carbocycles. The van der Waals surface area contributed by atoms with Gasteiger partial charge in [-0.2, -0.15) is 5.26 Å². The molecule has 366 valence electrons. The van der Waals surface area contributed by atoms with Crippen LogP contribution in [-0.2, 0) is 25.7 Å². The van der Waals surface area contributed by atoms with Gasteiger partial charge in [0.15, 0.2) is 5.78 Å². The van der Waals surface area contributed by atoms with Crippen LogP contribution in [-0.4, -0.2) is 102 Å². The van der Waals surface area contributed by atoms with Crippen molar-refractivity contribution < 1.29 is 28.7 Å². The Labute approximate surface area is 412 Å². The van der Waals surface area contributed by atoms with E-state index < -0.39 is 18.0 Å². The first-order valence-corrected chi connectivity index (χ1v) is 24.9. The van der Waals surface area contributed by atoms with Crippen LogP contribution in [0.5, 0.6) is 5.75 Å². The SMILES string of the molecule is CC(C)C[C@H](CC(=O)CCCN1CCN(c2ccc(C(=O)CC3C(C)(C)C(Oc4ccc(C#N)c(Cl)c4)C3(C)C)cn2)CC1)C(=O)N[C@@H](C)C(=O)N1C[C@H](C)C[C@H]1C(=O)NCc1ccc(Cl)cc1. The van der Waals surface area contributed by atoms with Crippen LogP contribution < -0.4 is 20.3 Å². The molecule has 0 unspecified atom stereocenters. The van der Waals surface area contributed by atoms with Crippen molar-refractivity contribution in [3.63, 3.8) is 0 Å². The standard InChI is InChI=1S/C53H69Cl2N7O6/c1-33(2)24-39(48(65)59-35(4)50(67)62-32-34(3)25-44(62)49(66)58-30-36-11-15-40(54)16-12-36)26-41(63)10-9-19-60-20-22-61(23-21-60)47-18-14-38(31-57-47)45(64)28-46-52(5,6)51(53(46,7)8)68-42-17-13-37(29-56)43(55)27-42/h11-18,27,31,33-35,39,44,46,51H,9-10,19-26,28,30,32H2,1-8H3,(H,58,66)(H,59,65)/t34-,35+,39-,44+,46?,51?/m1/s1. The van der Waals surface area contributed by atoms with Crippen molar-refractivity contribution in [3.05, 3.63) is 87.5 Å². The van der Waals surface area contributed by atoms with Crippen LogP contribution in [0.1, 0.15) is 115 Å². The van der Waals surface area contributed by atoms with Crippen molar-refractivity contribution in [2.45, 2.75) is 119 Å². The summed E-state index contributed by atoms with van der Waals surface area (Å²) in [6.07, 6.45) is 4.11. The molecule has 2 N–H and O–H groups in total.